The van der Waals surface area contributed by atoms with Crippen molar-refractivity contribution >= 4 is 29.1 Å². The van der Waals surface area contributed by atoms with Gasteiger partial charge in [0.2, 0.25) is 0 Å². The highest BCUT2D eigenvalue weighted by Gasteiger charge is 2.24. The summed E-state index contributed by atoms with van der Waals surface area (Å²) in [5.41, 5.74) is 5.78. The number of aryl methyl sites for hydroxylation is 1. The maximum atomic E-state index is 12.5. The first-order valence-corrected chi connectivity index (χ1v) is 12.6. The van der Waals surface area contributed by atoms with Crippen LogP contribution in [0.1, 0.15) is 56.2 Å². The highest BCUT2D eigenvalue weighted by Crippen LogP contribution is 2.35. The van der Waals surface area contributed by atoms with Crippen molar-refractivity contribution in [2.75, 3.05) is 5.75 Å². The number of nitro benzene ring substituents is 1. The number of amides is 1. The highest BCUT2D eigenvalue weighted by atomic mass is 32.2. The summed E-state index contributed by atoms with van der Waals surface area (Å²) in [4.78, 5) is 23.1. The molecule has 3 aromatic rings. The van der Waals surface area contributed by atoms with E-state index in [2.05, 4.69) is 56.5 Å². The Bertz CT molecular complexity index is 1230. The topological polar surface area (TPSA) is 115 Å². The van der Waals surface area contributed by atoms with E-state index >= 15 is 0 Å². The Labute approximate surface area is 208 Å². The second-order valence-corrected chi connectivity index (χ2v) is 9.60. The van der Waals surface area contributed by atoms with Crippen LogP contribution >= 0.6 is 11.8 Å². The van der Waals surface area contributed by atoms with Gasteiger partial charge < -0.3 is 0 Å². The van der Waals surface area contributed by atoms with Crippen LogP contribution in [-0.2, 0) is 4.79 Å². The van der Waals surface area contributed by atoms with E-state index in [1.54, 1.807) is 19.1 Å². The maximum absolute atomic E-state index is 12.5. The van der Waals surface area contributed by atoms with Crippen molar-refractivity contribution in [3.8, 4) is 11.4 Å². The summed E-state index contributed by atoms with van der Waals surface area (Å²) in [6.45, 7) is 3.75. The van der Waals surface area contributed by atoms with Crippen molar-refractivity contribution in [1.29, 1.82) is 0 Å². The standard InChI is InChI=1S/C25H28N6O3S/c1-17-11-13-19(14-12-17)24-28-29-25(30(24)21-8-4-3-5-9-21)35-16-23(32)27-26-18(2)20-7-6-10-22(15-20)31(33)34/h6-7,10-15,21H,3-5,8-9,16H2,1-2H3,(H,27,32)/b26-18-. The number of thioether (sulfide) groups is 1. The van der Waals surface area contributed by atoms with E-state index in [1.165, 1.54) is 48.7 Å². The van der Waals surface area contributed by atoms with Gasteiger partial charge in [-0.2, -0.15) is 5.10 Å². The molecule has 0 spiro atoms. The number of rotatable bonds is 8. The Kier molecular flexibility index (Phi) is 7.91. The molecule has 1 fully saturated rings. The predicted octanol–water partition coefficient (Wildman–Crippen LogP) is 5.30. The van der Waals surface area contributed by atoms with Crippen LogP contribution in [0, 0.1) is 17.0 Å². The number of benzene rings is 2. The molecule has 1 aromatic heterocycles. The molecule has 0 saturated heterocycles. The molecule has 1 heterocycles. The smallest absolute Gasteiger partial charge is 0.270 e. The van der Waals surface area contributed by atoms with E-state index in [0.717, 1.165) is 29.4 Å². The fraction of sp³-hybridized carbons (Fsp3) is 0.360. The quantitative estimate of drug-likeness (QED) is 0.197. The molecular formula is C25H28N6O3S. The van der Waals surface area contributed by atoms with Gasteiger partial charge in [0.25, 0.3) is 11.6 Å². The highest BCUT2D eigenvalue weighted by molar-refractivity contribution is 7.99. The van der Waals surface area contributed by atoms with Gasteiger partial charge in [0.15, 0.2) is 11.0 Å². The van der Waals surface area contributed by atoms with E-state index in [-0.39, 0.29) is 17.3 Å². The lowest BCUT2D eigenvalue weighted by molar-refractivity contribution is -0.384. The molecular weight excluding hydrogens is 464 g/mol. The van der Waals surface area contributed by atoms with Crippen LogP contribution in [-0.4, -0.2) is 37.1 Å². The van der Waals surface area contributed by atoms with E-state index in [4.69, 9.17) is 0 Å². The molecule has 4 rings (SSSR count). The lowest BCUT2D eigenvalue weighted by Gasteiger charge is -2.25. The minimum Gasteiger partial charge on any atom is -0.299 e. The third-order valence-corrected chi connectivity index (χ3v) is 7.01. The summed E-state index contributed by atoms with van der Waals surface area (Å²) >= 11 is 1.34. The summed E-state index contributed by atoms with van der Waals surface area (Å²) in [6.07, 6.45) is 5.73. The zero-order chi connectivity index (χ0) is 24.8. The molecule has 0 aliphatic heterocycles. The minimum absolute atomic E-state index is 0.0228. The Morgan fingerprint density at radius 3 is 2.63 bits per heavy atom. The summed E-state index contributed by atoms with van der Waals surface area (Å²) in [5, 5.41) is 24.7. The van der Waals surface area contributed by atoms with Crippen molar-refractivity contribution in [2.45, 2.75) is 57.1 Å². The molecule has 9 nitrogen and oxygen atoms in total. The lowest BCUT2D eigenvalue weighted by Crippen LogP contribution is -2.22. The first-order chi connectivity index (χ1) is 16.9. The van der Waals surface area contributed by atoms with Crippen molar-refractivity contribution in [1.82, 2.24) is 20.2 Å². The van der Waals surface area contributed by atoms with Crippen LogP contribution in [0.5, 0.6) is 0 Å². The summed E-state index contributed by atoms with van der Waals surface area (Å²) < 4.78 is 2.19. The molecule has 35 heavy (non-hydrogen) atoms. The van der Waals surface area contributed by atoms with Crippen LogP contribution in [0.3, 0.4) is 0 Å². The molecule has 0 atom stereocenters. The van der Waals surface area contributed by atoms with E-state index in [0.29, 0.717) is 17.3 Å². The average Bonchev–Trinajstić information content (AvgIpc) is 3.31. The second kappa shape index (κ2) is 11.3. The predicted molar refractivity (Wildman–Crippen MR) is 136 cm³/mol. The number of aromatic nitrogens is 3. The second-order valence-electron chi connectivity index (χ2n) is 8.66. The summed E-state index contributed by atoms with van der Waals surface area (Å²) in [7, 11) is 0. The normalized spacial score (nSPS) is 14.6. The van der Waals surface area contributed by atoms with Crippen LogP contribution in [0.4, 0.5) is 5.69 Å². The molecule has 1 aliphatic carbocycles. The zero-order valence-electron chi connectivity index (χ0n) is 19.8. The number of hydrogen-bond donors (Lipinski definition) is 1. The molecule has 1 aliphatic rings. The van der Waals surface area contributed by atoms with Gasteiger partial charge in [-0.1, -0.05) is 73.0 Å². The molecule has 1 amide bonds. The van der Waals surface area contributed by atoms with Crippen molar-refractivity contribution in [3.05, 3.63) is 69.8 Å². The van der Waals surface area contributed by atoms with Crippen molar-refractivity contribution < 1.29 is 9.72 Å². The van der Waals surface area contributed by atoms with E-state index in [9.17, 15) is 14.9 Å². The van der Waals surface area contributed by atoms with Gasteiger partial charge in [-0.3, -0.25) is 19.5 Å². The number of nitro groups is 1. The molecule has 0 unspecified atom stereocenters. The monoisotopic (exact) mass is 492 g/mol. The van der Waals surface area contributed by atoms with Gasteiger partial charge in [-0.15, -0.1) is 10.2 Å². The molecule has 1 saturated carbocycles. The van der Waals surface area contributed by atoms with Gasteiger partial charge >= 0.3 is 0 Å². The SMILES string of the molecule is C/C(=N/NC(=O)CSc1nnc(-c2ccc(C)cc2)n1C1CCCCC1)c1cccc([N+](=O)[O-])c1. The van der Waals surface area contributed by atoms with Crippen LogP contribution in [0.2, 0.25) is 0 Å². The first kappa shape index (κ1) is 24.6. The maximum Gasteiger partial charge on any atom is 0.270 e. The van der Waals surface area contributed by atoms with Crippen molar-refractivity contribution in [2.24, 2.45) is 5.10 Å². The number of non-ortho nitro benzene ring substituents is 1. The third kappa shape index (κ3) is 6.13. The number of hydrazone groups is 1. The number of nitrogens with one attached hydrogen (secondary N) is 1. The Balaban J connectivity index is 1.46. The van der Waals surface area contributed by atoms with Gasteiger partial charge in [-0.25, -0.2) is 5.43 Å². The largest absolute Gasteiger partial charge is 0.299 e. The fourth-order valence-electron chi connectivity index (χ4n) is 4.16. The molecule has 1 N–H and O–H groups in total. The van der Waals surface area contributed by atoms with E-state index < -0.39 is 4.92 Å². The number of hydrogen-bond acceptors (Lipinski definition) is 7. The summed E-state index contributed by atoms with van der Waals surface area (Å²) in [6, 6.07) is 14.7. The van der Waals surface area contributed by atoms with Gasteiger partial charge in [0.1, 0.15) is 0 Å². The van der Waals surface area contributed by atoms with Crippen molar-refractivity contribution in [3.63, 3.8) is 0 Å². The Morgan fingerprint density at radius 2 is 1.91 bits per heavy atom. The molecule has 0 bridgehead atoms. The van der Waals surface area contributed by atoms with Crippen LogP contribution < -0.4 is 5.43 Å². The van der Waals surface area contributed by atoms with Gasteiger partial charge in [0.05, 0.1) is 16.4 Å². The lowest BCUT2D eigenvalue weighted by atomic mass is 9.95. The number of carbonyl (C=O) groups excluding carboxylic acids is 1. The van der Waals surface area contributed by atoms with Crippen LogP contribution in [0.25, 0.3) is 11.4 Å². The molecule has 0 radical (unpaired) electrons. The minimum atomic E-state index is -0.459. The molecule has 10 heteroatoms. The van der Waals surface area contributed by atoms with E-state index in [1.807, 2.05) is 0 Å². The zero-order valence-corrected chi connectivity index (χ0v) is 20.6. The Morgan fingerprint density at radius 1 is 1.17 bits per heavy atom. The fourth-order valence-corrected chi connectivity index (χ4v) is 4.96. The summed E-state index contributed by atoms with van der Waals surface area (Å²) in [5.74, 6) is 0.680. The molecule has 2 aromatic carbocycles. The third-order valence-electron chi connectivity index (χ3n) is 6.07. The van der Waals surface area contributed by atoms with Crippen LogP contribution in [0.15, 0.2) is 58.8 Å². The average molecular weight is 493 g/mol. The van der Waals surface area contributed by atoms with Gasteiger partial charge in [-0.05, 0) is 26.7 Å². The number of nitrogens with zero attached hydrogens (tertiary/aromatic N) is 5. The molecule has 182 valence electrons. The Hall–Kier alpha value is -3.53. The first-order valence-electron chi connectivity index (χ1n) is 11.6. The van der Waals surface area contributed by atoms with Gasteiger partial charge in [0, 0.05) is 29.3 Å². The number of carbonyl (C=O) groups is 1.